The second-order valence-corrected chi connectivity index (χ2v) is 10.5. The summed E-state index contributed by atoms with van der Waals surface area (Å²) >= 11 is 0. The zero-order valence-electron chi connectivity index (χ0n) is 21.2. The lowest BCUT2D eigenvalue weighted by Gasteiger charge is -2.24. The number of amides is 1. The Bertz CT molecular complexity index is 993. The van der Waals surface area contributed by atoms with E-state index in [1.54, 1.807) is 6.20 Å². The molecule has 2 aliphatic heterocycles. The van der Waals surface area contributed by atoms with Crippen LogP contribution in [-0.4, -0.2) is 68.7 Å². The molecule has 0 bridgehead atoms. The van der Waals surface area contributed by atoms with Crippen molar-refractivity contribution in [3.8, 4) is 5.69 Å². The molecule has 0 radical (unpaired) electrons. The molecule has 1 amide bonds. The number of carbonyl (C=O) groups is 1. The van der Waals surface area contributed by atoms with Crippen LogP contribution in [0, 0.1) is 18.8 Å². The number of pyridine rings is 1. The largest absolute Gasteiger partial charge is 0.444 e. The Labute approximate surface area is 201 Å². The van der Waals surface area contributed by atoms with Gasteiger partial charge in [0.25, 0.3) is 0 Å². The lowest BCUT2D eigenvalue weighted by Crippen LogP contribution is -2.36. The van der Waals surface area contributed by atoms with Crippen LogP contribution in [-0.2, 0) is 20.8 Å². The summed E-state index contributed by atoms with van der Waals surface area (Å²) in [6.07, 6.45) is 2.54. The van der Waals surface area contributed by atoms with Crippen molar-refractivity contribution in [2.45, 2.75) is 72.2 Å². The molecule has 2 aliphatic rings. The van der Waals surface area contributed by atoms with Crippen molar-refractivity contribution in [1.82, 2.24) is 24.6 Å². The molecule has 1 unspecified atom stereocenters. The number of carbonyl (C=O) groups excluding carboxylic acids is 1. The number of rotatable bonds is 6. The fraction of sp³-hybridized carbons (Fsp3) is 0.680. The zero-order chi connectivity index (χ0) is 24.5. The van der Waals surface area contributed by atoms with Crippen molar-refractivity contribution in [2.24, 2.45) is 11.8 Å². The normalized spacial score (nSPS) is 23.1. The Morgan fingerprint density at radius 3 is 2.74 bits per heavy atom. The van der Waals surface area contributed by atoms with Crippen LogP contribution in [0.15, 0.2) is 18.3 Å². The average Bonchev–Trinajstić information content (AvgIpc) is 3.49. The van der Waals surface area contributed by atoms with E-state index in [0.717, 1.165) is 30.2 Å². The first-order valence-corrected chi connectivity index (χ1v) is 12.2. The minimum atomic E-state index is -0.546. The molecule has 0 saturated carbocycles. The van der Waals surface area contributed by atoms with Gasteiger partial charge in [-0.2, -0.15) is 0 Å². The number of aryl methyl sites for hydroxylation is 1. The van der Waals surface area contributed by atoms with E-state index >= 15 is 0 Å². The molecule has 9 heteroatoms. The summed E-state index contributed by atoms with van der Waals surface area (Å²) < 4.78 is 19.1. The highest BCUT2D eigenvalue weighted by atomic mass is 16.6. The van der Waals surface area contributed by atoms with Gasteiger partial charge in [0.1, 0.15) is 18.0 Å². The monoisotopic (exact) mass is 471 g/mol. The van der Waals surface area contributed by atoms with Crippen LogP contribution in [0.1, 0.15) is 64.3 Å². The third kappa shape index (κ3) is 5.58. The highest BCUT2D eigenvalue weighted by Gasteiger charge is 2.45. The third-order valence-corrected chi connectivity index (χ3v) is 6.35. The lowest BCUT2D eigenvalue weighted by molar-refractivity contribution is 0.0281. The first kappa shape index (κ1) is 24.6. The predicted molar refractivity (Wildman–Crippen MR) is 127 cm³/mol. The van der Waals surface area contributed by atoms with Crippen molar-refractivity contribution >= 4 is 6.09 Å². The molecule has 0 N–H and O–H groups in total. The van der Waals surface area contributed by atoms with Gasteiger partial charge in [0, 0.05) is 38.4 Å². The molecule has 0 aromatic carbocycles. The van der Waals surface area contributed by atoms with Gasteiger partial charge >= 0.3 is 6.09 Å². The van der Waals surface area contributed by atoms with E-state index in [-0.39, 0.29) is 24.0 Å². The lowest BCUT2D eigenvalue weighted by atomic mass is 9.83. The van der Waals surface area contributed by atoms with Crippen molar-refractivity contribution in [3.05, 3.63) is 35.7 Å². The molecule has 186 valence electrons. The summed E-state index contributed by atoms with van der Waals surface area (Å²) in [6, 6.07) is 3.91. The molecule has 3 atom stereocenters. The molecule has 2 aromatic rings. The molecule has 0 spiro atoms. The summed E-state index contributed by atoms with van der Waals surface area (Å²) in [5.74, 6) is 2.02. The van der Waals surface area contributed by atoms with Crippen molar-refractivity contribution in [1.29, 1.82) is 0 Å². The number of ether oxygens (including phenoxy) is 3. The van der Waals surface area contributed by atoms with Gasteiger partial charge in [0.15, 0.2) is 5.82 Å². The van der Waals surface area contributed by atoms with Crippen molar-refractivity contribution in [3.63, 3.8) is 0 Å². The van der Waals surface area contributed by atoms with Crippen LogP contribution >= 0.6 is 0 Å². The van der Waals surface area contributed by atoms with Crippen LogP contribution < -0.4 is 0 Å². The minimum Gasteiger partial charge on any atom is -0.444 e. The van der Waals surface area contributed by atoms with E-state index in [9.17, 15) is 4.79 Å². The maximum atomic E-state index is 13.0. The number of hydrogen-bond acceptors (Lipinski definition) is 7. The minimum absolute atomic E-state index is 0.000811. The Hall–Kier alpha value is -2.52. The zero-order valence-corrected chi connectivity index (χ0v) is 21.2. The quantitative estimate of drug-likeness (QED) is 0.631. The van der Waals surface area contributed by atoms with Crippen LogP contribution in [0.25, 0.3) is 5.69 Å². The van der Waals surface area contributed by atoms with Crippen LogP contribution in [0.2, 0.25) is 0 Å². The number of nitrogens with zero attached hydrogens (tertiary/aromatic N) is 5. The highest BCUT2D eigenvalue weighted by Crippen LogP contribution is 2.41. The predicted octanol–water partition coefficient (Wildman–Crippen LogP) is 3.88. The van der Waals surface area contributed by atoms with Crippen molar-refractivity contribution < 1.29 is 19.0 Å². The van der Waals surface area contributed by atoms with Gasteiger partial charge in [0.2, 0.25) is 0 Å². The van der Waals surface area contributed by atoms with Gasteiger partial charge in [-0.1, -0.05) is 0 Å². The Balaban J connectivity index is 1.71. The Morgan fingerprint density at radius 1 is 1.29 bits per heavy atom. The third-order valence-electron chi connectivity index (χ3n) is 6.35. The number of aromatic nitrogens is 4. The average molecular weight is 472 g/mol. The first-order valence-electron chi connectivity index (χ1n) is 12.2. The van der Waals surface area contributed by atoms with E-state index in [1.165, 1.54) is 0 Å². The summed E-state index contributed by atoms with van der Waals surface area (Å²) in [6.45, 7) is 14.6. The fourth-order valence-electron chi connectivity index (χ4n) is 4.73. The van der Waals surface area contributed by atoms with Gasteiger partial charge in [0.05, 0.1) is 17.5 Å². The molecule has 34 heavy (non-hydrogen) atoms. The maximum Gasteiger partial charge on any atom is 0.410 e. The molecule has 9 nitrogen and oxygen atoms in total. The molecule has 4 heterocycles. The maximum absolute atomic E-state index is 13.0. The Kier molecular flexibility index (Phi) is 7.23. The van der Waals surface area contributed by atoms with Gasteiger partial charge in [-0.25, -0.2) is 14.5 Å². The Morgan fingerprint density at radius 2 is 2.09 bits per heavy atom. The molecule has 4 rings (SSSR count). The van der Waals surface area contributed by atoms with Gasteiger partial charge in [-0.15, -0.1) is 5.10 Å². The second-order valence-electron chi connectivity index (χ2n) is 10.5. The number of likely N-dealkylation sites (tertiary alicyclic amines) is 1. The second kappa shape index (κ2) is 10.00. The number of hydrogen-bond donors (Lipinski definition) is 0. The fourth-order valence-corrected chi connectivity index (χ4v) is 4.73. The molecule has 0 aliphatic carbocycles. The van der Waals surface area contributed by atoms with Crippen LogP contribution in [0.4, 0.5) is 4.79 Å². The first-order chi connectivity index (χ1) is 16.1. The van der Waals surface area contributed by atoms with Gasteiger partial charge in [-0.05, 0) is 71.9 Å². The smallest absolute Gasteiger partial charge is 0.410 e. The summed E-state index contributed by atoms with van der Waals surface area (Å²) in [7, 11) is 0. The summed E-state index contributed by atoms with van der Waals surface area (Å²) in [5.41, 5.74) is 1.21. The van der Waals surface area contributed by atoms with E-state index in [4.69, 9.17) is 24.3 Å². The topological polar surface area (TPSA) is 91.6 Å². The summed E-state index contributed by atoms with van der Waals surface area (Å²) in [4.78, 5) is 24.2. The van der Waals surface area contributed by atoms with Crippen LogP contribution in [0.3, 0.4) is 0 Å². The van der Waals surface area contributed by atoms with E-state index in [2.05, 4.69) is 4.98 Å². The molecule has 2 saturated heterocycles. The highest BCUT2D eigenvalue weighted by molar-refractivity contribution is 5.68. The molecular weight excluding hydrogens is 434 g/mol. The van der Waals surface area contributed by atoms with Crippen molar-refractivity contribution in [2.75, 3.05) is 26.3 Å². The van der Waals surface area contributed by atoms with Crippen LogP contribution in [0.5, 0.6) is 0 Å². The van der Waals surface area contributed by atoms with E-state index in [0.29, 0.717) is 38.0 Å². The van der Waals surface area contributed by atoms with E-state index in [1.807, 2.05) is 63.3 Å². The van der Waals surface area contributed by atoms with E-state index < -0.39 is 5.60 Å². The molecule has 2 aromatic heterocycles. The summed E-state index contributed by atoms with van der Waals surface area (Å²) in [5, 5.41) is 4.82. The SMILES string of the molecule is Cc1ncccc1-n1nc(COC(C)C)nc1[C@@H]1CN(C(=O)OC(C)(C)C)C[C@H]1C1CCOC1. The van der Waals surface area contributed by atoms with Gasteiger partial charge < -0.3 is 19.1 Å². The molecular formula is C25H37N5O4. The van der Waals surface area contributed by atoms with Gasteiger partial charge in [-0.3, -0.25) is 4.98 Å². The standard InChI is InChI=1S/C25H37N5O4/c1-16(2)33-15-22-27-23(30(28-22)21-8-7-10-26-17(21)3)20-13-29(24(31)34-25(4,5)6)12-19(20)18-9-11-32-14-18/h7-8,10,16,18-20H,9,11-15H2,1-6H3/t18?,19-,20+/m0/s1. The molecule has 2 fully saturated rings.